The molecule has 8 amide bonds. The Morgan fingerprint density at radius 1 is 0.312 bits per heavy atom. The number of nitrogens with zero attached hydrogens (tertiary/aromatic N) is 10. The van der Waals surface area contributed by atoms with Crippen LogP contribution in [0.5, 0.6) is 0 Å². The highest BCUT2D eigenvalue weighted by atomic mass is 35.5. The van der Waals surface area contributed by atoms with Gasteiger partial charge < -0.3 is 62.1 Å². The Labute approximate surface area is 762 Å². The quantitative estimate of drug-likeness (QED) is 0.0192. The van der Waals surface area contributed by atoms with Crippen LogP contribution in [0.4, 0.5) is 59.2 Å². The lowest BCUT2D eigenvalue weighted by molar-refractivity contribution is 0.101. The molecule has 0 bridgehead atoms. The summed E-state index contributed by atoms with van der Waals surface area (Å²) in [4.78, 5) is 134. The lowest BCUT2D eigenvalue weighted by atomic mass is 10.1. The monoisotopic (exact) mass is 1840 g/mol. The zero-order valence-electron chi connectivity index (χ0n) is 68.7. The van der Waals surface area contributed by atoms with Crippen molar-refractivity contribution in [2.75, 3.05) is 111 Å². The number of benzene rings is 8. The molecule has 2 aliphatic heterocycles. The summed E-state index contributed by atoms with van der Waals surface area (Å²) in [6.45, 7) is 3.45. The summed E-state index contributed by atoms with van der Waals surface area (Å²) in [5.74, 6) is -2.74. The Morgan fingerprint density at radius 3 is 0.875 bits per heavy atom. The SMILES string of the molecule is CN=C(c1ccc(C(=O)Nc2ccc(Cl)cc2C(=O)Nc2ccc(Cl)cn2)c(Cl)c1)N(C)C.CN=C(c1ccc(C(=O)Nc2ccc(F)cc2C(=O)Nc2ccc(Cl)cn2)cc1)N(C)C.N=C(c1ccc(C(=O)Nc2ccc(F)cc2C(=O)Nc2ccc(Cl)cn2)cc1)N1CC1.N=C(c1ccc(C(=O)Nc2ccc(F)cc2C(=O)Nc2ccc(Cl)cn2)cc1)N1CCC1. The molecule has 14 rings (SSSR count). The number of aliphatic imine (C=N–C) groups is 2. The number of nitrogens with one attached hydrogen (secondary N) is 10. The summed E-state index contributed by atoms with van der Waals surface area (Å²) in [5.41, 5.74) is 5.12. The molecule has 128 heavy (non-hydrogen) atoms. The number of carbonyl (C=O) groups is 8. The minimum absolute atomic E-state index is 0.0419. The van der Waals surface area contributed by atoms with Gasteiger partial charge in [-0.25, -0.2) is 33.1 Å². The van der Waals surface area contributed by atoms with Gasteiger partial charge in [-0.15, -0.1) is 0 Å². The molecule has 2 aliphatic rings. The van der Waals surface area contributed by atoms with Gasteiger partial charge in [-0.2, -0.15) is 0 Å². The average molecular weight is 1850 g/mol. The zero-order valence-corrected chi connectivity index (χ0v) is 73.2. The maximum atomic E-state index is 13.8. The van der Waals surface area contributed by atoms with Crippen LogP contribution in [0.1, 0.15) is 112 Å². The van der Waals surface area contributed by atoms with Crippen molar-refractivity contribution in [1.29, 1.82) is 10.8 Å². The second-order valence-corrected chi connectivity index (χ2v) is 30.8. The van der Waals surface area contributed by atoms with Gasteiger partial charge in [-0.3, -0.25) is 59.2 Å². The van der Waals surface area contributed by atoms with Crippen molar-refractivity contribution in [2.45, 2.75) is 6.42 Å². The van der Waals surface area contributed by atoms with Gasteiger partial charge in [-0.1, -0.05) is 112 Å². The van der Waals surface area contributed by atoms with E-state index in [2.05, 4.69) is 72.5 Å². The van der Waals surface area contributed by atoms with Crippen molar-refractivity contribution in [3.8, 4) is 0 Å². The lowest BCUT2D eigenvalue weighted by Crippen LogP contribution is -2.42. The maximum Gasteiger partial charge on any atom is 0.259 e. The van der Waals surface area contributed by atoms with E-state index in [1.807, 2.05) is 47.8 Å². The van der Waals surface area contributed by atoms with Crippen molar-refractivity contribution in [1.82, 2.24) is 39.5 Å². The number of likely N-dealkylation sites (tertiary alicyclic amines) is 1. The van der Waals surface area contributed by atoms with Crippen LogP contribution in [0.15, 0.2) is 247 Å². The summed E-state index contributed by atoms with van der Waals surface area (Å²) in [7, 11) is 10.9. The predicted octanol–water partition coefficient (Wildman–Crippen LogP) is 18.2. The highest BCUT2D eigenvalue weighted by Gasteiger charge is 2.26. The molecule has 0 saturated carbocycles. The molecule has 2 saturated heterocycles. The highest BCUT2D eigenvalue weighted by molar-refractivity contribution is 6.35. The molecule has 0 aliphatic carbocycles. The molecule has 37 heteroatoms. The Hall–Kier alpha value is -14.5. The topological polar surface area (TPSA) is 370 Å². The number of aromatic nitrogens is 4. The molecule has 6 heterocycles. The summed E-state index contributed by atoms with van der Waals surface area (Å²) < 4.78 is 41.5. The van der Waals surface area contributed by atoms with E-state index in [1.54, 1.807) is 148 Å². The van der Waals surface area contributed by atoms with Gasteiger partial charge in [-0.05, 0) is 176 Å². The van der Waals surface area contributed by atoms with Crippen LogP contribution in [0.25, 0.3) is 0 Å². The van der Waals surface area contributed by atoms with Crippen LogP contribution in [-0.4, -0.2) is 179 Å². The molecular weight excluding hydrogens is 1770 g/mol. The van der Waals surface area contributed by atoms with Crippen LogP contribution in [-0.2, 0) is 0 Å². The second-order valence-electron chi connectivity index (χ2n) is 28.2. The summed E-state index contributed by atoms with van der Waals surface area (Å²) in [6, 6.07) is 52.6. The molecule has 0 unspecified atom stereocenters. The lowest BCUT2D eigenvalue weighted by Gasteiger charge is -2.33. The van der Waals surface area contributed by atoms with Crippen LogP contribution in [0.3, 0.4) is 0 Å². The van der Waals surface area contributed by atoms with E-state index in [1.165, 1.54) is 67.3 Å². The van der Waals surface area contributed by atoms with Crippen molar-refractivity contribution in [2.24, 2.45) is 9.98 Å². The number of pyridine rings is 4. The molecule has 12 aromatic rings. The Bertz CT molecular complexity index is 6240. The summed E-state index contributed by atoms with van der Waals surface area (Å²) in [6.07, 6.45) is 6.60. The van der Waals surface area contributed by atoms with Crippen molar-refractivity contribution in [3.05, 3.63) is 351 Å². The van der Waals surface area contributed by atoms with E-state index in [-0.39, 0.29) is 73.0 Å². The molecule has 0 spiro atoms. The number of amidine groups is 4. The zero-order chi connectivity index (χ0) is 92.0. The van der Waals surface area contributed by atoms with Crippen molar-refractivity contribution >= 4 is 186 Å². The fourth-order valence-corrected chi connectivity index (χ4v) is 13.0. The smallest absolute Gasteiger partial charge is 0.259 e. The van der Waals surface area contributed by atoms with E-state index in [4.69, 9.17) is 80.4 Å². The van der Waals surface area contributed by atoms with Crippen LogP contribution in [0.2, 0.25) is 30.1 Å². The van der Waals surface area contributed by atoms with E-state index in [0.717, 1.165) is 97.4 Å². The van der Waals surface area contributed by atoms with Gasteiger partial charge >= 0.3 is 0 Å². The fraction of sp³-hybridized carbons (Fsp3) is 0.121. The summed E-state index contributed by atoms with van der Waals surface area (Å²) >= 11 is 35.7. The second kappa shape index (κ2) is 43.9. The number of carbonyl (C=O) groups excluding carboxylic acids is 8. The van der Waals surface area contributed by atoms with Crippen LogP contribution >= 0.6 is 69.6 Å². The van der Waals surface area contributed by atoms with Gasteiger partial charge in [0, 0.05) is 137 Å². The first-order valence-electron chi connectivity index (χ1n) is 38.5. The first-order chi connectivity index (χ1) is 61.3. The summed E-state index contributed by atoms with van der Waals surface area (Å²) in [5, 5.41) is 39.5. The largest absolute Gasteiger partial charge is 0.363 e. The average Bonchev–Trinajstić information content (AvgIpc) is 0.904. The van der Waals surface area contributed by atoms with E-state index in [0.29, 0.717) is 64.9 Å². The highest BCUT2D eigenvalue weighted by Crippen LogP contribution is 2.30. The molecule has 0 atom stereocenters. The molecule has 4 aromatic heterocycles. The number of anilines is 8. The Kier molecular flexibility index (Phi) is 32.3. The third-order valence-electron chi connectivity index (χ3n) is 18.7. The minimum Gasteiger partial charge on any atom is -0.363 e. The van der Waals surface area contributed by atoms with Crippen molar-refractivity contribution < 1.29 is 51.5 Å². The third-order valence-corrected chi connectivity index (χ3v) is 20.1. The molecule has 2 fully saturated rings. The fourth-order valence-electron chi connectivity index (χ4n) is 12.1. The van der Waals surface area contributed by atoms with Gasteiger partial charge in [0.25, 0.3) is 47.3 Å². The van der Waals surface area contributed by atoms with E-state index in [9.17, 15) is 51.5 Å². The number of halogens is 9. The molecular formula is C91H77Cl6F3N20O8. The van der Waals surface area contributed by atoms with Gasteiger partial charge in [0.15, 0.2) is 0 Å². The molecule has 8 aromatic carbocycles. The Balaban J connectivity index is 0.000000165. The van der Waals surface area contributed by atoms with E-state index < -0.39 is 64.7 Å². The van der Waals surface area contributed by atoms with Gasteiger partial charge in [0.05, 0.1) is 75.7 Å². The molecule has 0 radical (unpaired) electrons. The number of hydrogen-bond donors (Lipinski definition) is 10. The molecule has 10 N–H and O–H groups in total. The third kappa shape index (κ3) is 25.9. The van der Waals surface area contributed by atoms with Gasteiger partial charge in [0.1, 0.15) is 64.1 Å². The van der Waals surface area contributed by atoms with E-state index >= 15 is 0 Å². The first kappa shape index (κ1) is 94.2. The maximum absolute atomic E-state index is 13.8. The normalized spacial score (nSPS) is 11.8. The predicted molar refractivity (Wildman–Crippen MR) is 496 cm³/mol. The first-order valence-corrected chi connectivity index (χ1v) is 40.8. The standard InChI is InChI=1S/C23H20Cl3N5O2.C23H19ClFN5O2.C23H21ClFN5O2.C22H17ClFN5O2/c1-27-21(31(2)3)13-4-7-16(18(26)10-13)22(32)29-19-8-5-14(24)11-17(19)23(33)30-20-9-6-15(25)12-28-20;24-16-6-9-20(27-13-16)29-23(32)18-12-17(25)7-8-19(18)28-22(31)15-4-2-14(3-5-15)21(26)30-10-1-11-30;1-26-21(30(2)3)14-4-6-15(7-5-14)22(31)28-19-10-9-17(25)12-18(19)23(32)29-20-11-8-16(24)13-27-20;23-15-5-8-19(26-12-15)28-22(31)17-11-16(24)6-7-18(17)27-21(30)14-3-1-13(2-4-14)20(25)29-9-10-29/h4-12H,1-3H3,(H,29,32)(H,28,30,33);2-9,12-13,26H,1,10-11H2,(H,28,31)(H,27,29,32);4-13H,1-3H3,(H,28,31)(H,27,29,32);1-8,11-12,25H,9-10H2,(H,27,30)(H,26,28,31). The molecule has 652 valence electrons. The van der Waals surface area contributed by atoms with Crippen LogP contribution in [0, 0.1) is 28.3 Å². The number of hydrogen-bond acceptors (Lipinski definition) is 16. The minimum atomic E-state index is -0.632. The van der Waals surface area contributed by atoms with Gasteiger partial charge in [0.2, 0.25) is 0 Å². The van der Waals surface area contributed by atoms with Crippen molar-refractivity contribution in [3.63, 3.8) is 0 Å². The number of rotatable bonds is 20. The Morgan fingerprint density at radius 2 is 0.586 bits per heavy atom. The molecule has 28 nitrogen and oxygen atoms in total. The number of amides is 8. The van der Waals surface area contributed by atoms with Crippen LogP contribution < -0.4 is 42.5 Å².